The predicted molar refractivity (Wildman–Crippen MR) is 70.1 cm³/mol. The van der Waals surface area contributed by atoms with Crippen molar-refractivity contribution in [3.8, 4) is 0 Å². The van der Waals surface area contributed by atoms with Crippen LogP contribution < -0.4 is 5.73 Å². The van der Waals surface area contributed by atoms with E-state index in [2.05, 4.69) is 0 Å². The molecule has 1 aliphatic carbocycles. The first kappa shape index (κ1) is 17.6. The van der Waals surface area contributed by atoms with Crippen molar-refractivity contribution in [2.75, 3.05) is 13.1 Å². The van der Waals surface area contributed by atoms with Crippen LogP contribution in [0.1, 0.15) is 39.0 Å². The van der Waals surface area contributed by atoms with Gasteiger partial charge in [0.05, 0.1) is 6.54 Å². The normalized spacial score (nSPS) is 23.6. The largest absolute Gasteiger partial charge is 0.337 e. The molecule has 0 spiro atoms. The van der Waals surface area contributed by atoms with E-state index < -0.39 is 13.0 Å². The quantitative estimate of drug-likeness (QED) is 0.843. The molecule has 2 atom stereocenters. The smallest absolute Gasteiger partial charge is 0.255 e. The molecule has 2 unspecified atom stereocenters. The zero-order valence-corrected chi connectivity index (χ0v) is 11.6. The Hall–Kier alpha value is -0.420. The number of nitrogens with zero attached hydrogens (tertiary/aromatic N) is 1. The van der Waals surface area contributed by atoms with Crippen LogP contribution in [-0.4, -0.2) is 36.4 Å². The van der Waals surface area contributed by atoms with Crippen molar-refractivity contribution in [3.63, 3.8) is 0 Å². The van der Waals surface area contributed by atoms with E-state index >= 15 is 0 Å². The second-order valence-corrected chi connectivity index (χ2v) is 4.80. The first-order valence-corrected chi connectivity index (χ1v) is 6.37. The van der Waals surface area contributed by atoms with Crippen LogP contribution in [0.3, 0.4) is 0 Å². The van der Waals surface area contributed by atoms with Gasteiger partial charge >= 0.3 is 0 Å². The highest BCUT2D eigenvalue weighted by Gasteiger charge is 2.29. The van der Waals surface area contributed by atoms with Crippen LogP contribution in [0.25, 0.3) is 0 Å². The van der Waals surface area contributed by atoms with Crippen molar-refractivity contribution in [3.05, 3.63) is 0 Å². The van der Waals surface area contributed by atoms with E-state index in [4.69, 9.17) is 5.73 Å². The molecule has 0 aliphatic heterocycles. The van der Waals surface area contributed by atoms with Gasteiger partial charge in [-0.1, -0.05) is 13.3 Å². The number of carbonyl (C=O) groups is 1. The van der Waals surface area contributed by atoms with Gasteiger partial charge in [0.2, 0.25) is 5.91 Å². The Morgan fingerprint density at radius 1 is 1.44 bits per heavy atom. The summed E-state index contributed by atoms with van der Waals surface area (Å²) in [6.07, 6.45) is 1.54. The lowest BCUT2D eigenvalue weighted by Crippen LogP contribution is -2.43. The van der Waals surface area contributed by atoms with Crippen molar-refractivity contribution in [2.45, 2.75) is 51.5 Å². The maximum absolute atomic E-state index is 12.4. The van der Waals surface area contributed by atoms with Gasteiger partial charge in [0, 0.05) is 18.5 Å². The van der Waals surface area contributed by atoms with Gasteiger partial charge in [-0.15, -0.1) is 12.4 Å². The van der Waals surface area contributed by atoms with Gasteiger partial charge in [0.1, 0.15) is 0 Å². The zero-order valence-electron chi connectivity index (χ0n) is 10.8. The van der Waals surface area contributed by atoms with Gasteiger partial charge in [0.25, 0.3) is 6.43 Å². The van der Waals surface area contributed by atoms with Crippen molar-refractivity contribution in [1.29, 1.82) is 0 Å². The number of hydrogen-bond donors (Lipinski definition) is 1. The number of rotatable bonds is 5. The first-order chi connectivity index (χ1) is 8.04. The summed E-state index contributed by atoms with van der Waals surface area (Å²) in [5.41, 5.74) is 5.82. The summed E-state index contributed by atoms with van der Waals surface area (Å²) in [7, 11) is 0. The molecular weight excluding hydrogens is 262 g/mol. The highest BCUT2D eigenvalue weighted by atomic mass is 35.5. The molecule has 1 saturated carbocycles. The summed E-state index contributed by atoms with van der Waals surface area (Å²) < 4.78 is 24.8. The minimum absolute atomic E-state index is 0. The second-order valence-electron chi connectivity index (χ2n) is 4.80. The van der Waals surface area contributed by atoms with E-state index in [-0.39, 0.29) is 30.3 Å². The van der Waals surface area contributed by atoms with Gasteiger partial charge in [-0.05, 0) is 25.7 Å². The lowest BCUT2D eigenvalue weighted by Gasteiger charge is -2.31. The first-order valence-electron chi connectivity index (χ1n) is 6.37. The molecule has 0 radical (unpaired) electrons. The third-order valence-electron chi connectivity index (χ3n) is 3.23. The highest BCUT2D eigenvalue weighted by Crippen LogP contribution is 2.25. The molecule has 1 amide bonds. The van der Waals surface area contributed by atoms with E-state index in [1.54, 1.807) is 0 Å². The lowest BCUT2D eigenvalue weighted by molar-refractivity contribution is -0.138. The fourth-order valence-electron chi connectivity index (χ4n) is 2.44. The molecule has 6 heteroatoms. The average molecular weight is 285 g/mol. The minimum atomic E-state index is -2.46. The number of nitrogens with two attached hydrogens (primary N) is 1. The van der Waals surface area contributed by atoms with E-state index in [1.165, 1.54) is 4.90 Å². The standard InChI is InChI=1S/C12H22F2N2O.ClH/c1-2-6-16(8-11(13)14)12(17)9-4-3-5-10(15)7-9;/h9-11H,2-8,15H2,1H3;1H. The maximum Gasteiger partial charge on any atom is 0.255 e. The maximum atomic E-state index is 12.4. The summed E-state index contributed by atoms with van der Waals surface area (Å²) in [6, 6.07) is 0.0488. The molecule has 1 fully saturated rings. The zero-order chi connectivity index (χ0) is 12.8. The Bertz CT molecular complexity index is 254. The van der Waals surface area contributed by atoms with E-state index in [1.807, 2.05) is 6.92 Å². The Kier molecular flexibility index (Phi) is 8.44. The van der Waals surface area contributed by atoms with Crippen molar-refractivity contribution >= 4 is 18.3 Å². The van der Waals surface area contributed by atoms with Crippen LogP contribution in [0.15, 0.2) is 0 Å². The van der Waals surface area contributed by atoms with Gasteiger partial charge in [0.15, 0.2) is 0 Å². The monoisotopic (exact) mass is 284 g/mol. The molecule has 0 aromatic carbocycles. The van der Waals surface area contributed by atoms with Gasteiger partial charge < -0.3 is 10.6 Å². The van der Waals surface area contributed by atoms with Gasteiger partial charge in [-0.2, -0.15) is 0 Å². The molecule has 0 aromatic heterocycles. The van der Waals surface area contributed by atoms with E-state index in [0.717, 1.165) is 19.3 Å². The summed E-state index contributed by atoms with van der Waals surface area (Å²) in [4.78, 5) is 13.4. The molecule has 2 N–H and O–H groups in total. The van der Waals surface area contributed by atoms with Crippen LogP contribution in [0.4, 0.5) is 8.78 Å². The molecule has 0 bridgehead atoms. The van der Waals surface area contributed by atoms with Crippen LogP contribution >= 0.6 is 12.4 Å². The van der Waals surface area contributed by atoms with Crippen molar-refractivity contribution in [2.24, 2.45) is 11.7 Å². The molecule has 108 valence electrons. The third kappa shape index (κ3) is 5.48. The highest BCUT2D eigenvalue weighted by molar-refractivity contribution is 5.85. The second kappa shape index (κ2) is 8.64. The fraction of sp³-hybridized carbons (Fsp3) is 0.917. The summed E-state index contributed by atoms with van der Waals surface area (Å²) >= 11 is 0. The third-order valence-corrected chi connectivity index (χ3v) is 3.23. The predicted octanol–water partition coefficient (Wildman–Crippen LogP) is 2.43. The molecular formula is C12H23ClF2N2O. The SMILES string of the molecule is CCCN(CC(F)F)C(=O)C1CCCC(N)C1.Cl. The minimum Gasteiger partial charge on any atom is -0.337 e. The number of hydrogen-bond acceptors (Lipinski definition) is 2. The van der Waals surface area contributed by atoms with Gasteiger partial charge in [-0.3, -0.25) is 4.79 Å². The topological polar surface area (TPSA) is 46.3 Å². The van der Waals surface area contributed by atoms with Crippen LogP contribution in [0.2, 0.25) is 0 Å². The fourth-order valence-corrected chi connectivity index (χ4v) is 2.44. The molecule has 0 aromatic rings. The molecule has 0 saturated heterocycles. The van der Waals surface area contributed by atoms with Crippen LogP contribution in [0, 0.1) is 5.92 Å². The lowest BCUT2D eigenvalue weighted by atomic mass is 9.85. The summed E-state index contributed by atoms with van der Waals surface area (Å²) in [5.74, 6) is -0.286. The molecule has 18 heavy (non-hydrogen) atoms. The van der Waals surface area contributed by atoms with Crippen LogP contribution in [0.5, 0.6) is 0 Å². The molecule has 1 rings (SSSR count). The Balaban J connectivity index is 0.00000289. The number of amides is 1. The number of carbonyl (C=O) groups excluding carboxylic acids is 1. The Morgan fingerprint density at radius 3 is 2.61 bits per heavy atom. The molecule has 1 aliphatic rings. The van der Waals surface area contributed by atoms with Crippen LogP contribution in [-0.2, 0) is 4.79 Å². The van der Waals surface area contributed by atoms with E-state index in [9.17, 15) is 13.6 Å². The molecule has 0 heterocycles. The Labute approximate surface area is 113 Å². The van der Waals surface area contributed by atoms with Gasteiger partial charge in [-0.25, -0.2) is 8.78 Å². The van der Waals surface area contributed by atoms with Crippen molar-refractivity contribution in [1.82, 2.24) is 4.90 Å². The summed E-state index contributed by atoms with van der Waals surface area (Å²) in [5, 5.41) is 0. The molecule has 3 nitrogen and oxygen atoms in total. The average Bonchev–Trinajstić information content (AvgIpc) is 2.27. The number of alkyl halides is 2. The Morgan fingerprint density at radius 2 is 2.11 bits per heavy atom. The summed E-state index contributed by atoms with van der Waals surface area (Å²) in [6.45, 7) is 1.85. The van der Waals surface area contributed by atoms with E-state index in [0.29, 0.717) is 19.4 Å². The number of halogens is 3. The van der Waals surface area contributed by atoms with Crippen molar-refractivity contribution < 1.29 is 13.6 Å².